The summed E-state index contributed by atoms with van der Waals surface area (Å²) >= 11 is 5.97. The number of benzene rings is 1. The Bertz CT molecular complexity index is 555. The zero-order chi connectivity index (χ0) is 14.6. The molecule has 0 radical (unpaired) electrons. The Kier molecular flexibility index (Phi) is 5.26. The molecule has 1 aromatic carbocycles. The molecular weight excluding hydrogens is 302 g/mol. The van der Waals surface area contributed by atoms with E-state index in [2.05, 4.69) is 0 Å². The first-order chi connectivity index (χ1) is 9.47. The molecule has 1 saturated heterocycles. The molecule has 1 aliphatic heterocycles. The summed E-state index contributed by atoms with van der Waals surface area (Å²) in [6.45, 7) is 1.38. The van der Waals surface area contributed by atoms with Gasteiger partial charge >= 0.3 is 0 Å². The van der Waals surface area contributed by atoms with Gasteiger partial charge in [0.05, 0.1) is 22.6 Å². The third kappa shape index (κ3) is 4.34. The normalized spacial score (nSPS) is 19.2. The lowest BCUT2D eigenvalue weighted by Gasteiger charge is -2.11. The minimum Gasteiger partial charge on any atom is -0.492 e. The molecule has 0 aromatic heterocycles. The highest BCUT2D eigenvalue weighted by Crippen LogP contribution is 2.27. The number of nitrogens with two attached hydrogens (primary N) is 1. The van der Waals surface area contributed by atoms with E-state index >= 15 is 0 Å². The van der Waals surface area contributed by atoms with E-state index in [1.165, 1.54) is 18.2 Å². The van der Waals surface area contributed by atoms with Crippen molar-refractivity contribution in [3.8, 4) is 5.75 Å². The van der Waals surface area contributed by atoms with E-state index in [0.717, 1.165) is 32.3 Å². The van der Waals surface area contributed by atoms with Crippen LogP contribution in [0.5, 0.6) is 5.75 Å². The fourth-order valence-electron chi connectivity index (χ4n) is 2.14. The van der Waals surface area contributed by atoms with E-state index in [0.29, 0.717) is 18.5 Å². The topological polar surface area (TPSA) is 78.6 Å². The molecule has 7 heteroatoms. The largest absolute Gasteiger partial charge is 0.492 e. The Hall–Kier alpha value is -0.820. The zero-order valence-electron chi connectivity index (χ0n) is 11.0. The van der Waals surface area contributed by atoms with Gasteiger partial charge < -0.3 is 9.47 Å². The molecule has 1 heterocycles. The first kappa shape index (κ1) is 15.6. The molecule has 1 aliphatic rings. The van der Waals surface area contributed by atoms with Crippen molar-refractivity contribution in [2.75, 3.05) is 13.2 Å². The summed E-state index contributed by atoms with van der Waals surface area (Å²) in [6, 6.07) is 4.21. The van der Waals surface area contributed by atoms with Crippen molar-refractivity contribution in [3.05, 3.63) is 23.2 Å². The smallest absolute Gasteiger partial charge is 0.238 e. The maximum absolute atomic E-state index is 11.2. The highest BCUT2D eigenvalue weighted by atomic mass is 35.5. The van der Waals surface area contributed by atoms with Gasteiger partial charge in [0, 0.05) is 6.61 Å². The van der Waals surface area contributed by atoms with Crippen LogP contribution in [-0.2, 0) is 14.8 Å². The predicted octanol–water partition coefficient (Wildman–Crippen LogP) is 2.33. The highest BCUT2D eigenvalue weighted by Gasteiger charge is 2.15. The van der Waals surface area contributed by atoms with Crippen LogP contribution in [0.15, 0.2) is 23.1 Å². The molecule has 0 amide bonds. The van der Waals surface area contributed by atoms with Gasteiger partial charge in [0.1, 0.15) is 5.75 Å². The summed E-state index contributed by atoms with van der Waals surface area (Å²) < 4.78 is 33.4. The molecule has 1 aromatic rings. The van der Waals surface area contributed by atoms with E-state index in [9.17, 15) is 8.42 Å². The Morgan fingerprint density at radius 2 is 2.25 bits per heavy atom. The zero-order valence-corrected chi connectivity index (χ0v) is 12.6. The SMILES string of the molecule is NS(=O)(=O)c1ccc(OCCCC2CCCO2)c(Cl)c1. The van der Waals surface area contributed by atoms with Crippen LogP contribution in [-0.4, -0.2) is 27.7 Å². The van der Waals surface area contributed by atoms with Crippen LogP contribution in [0.25, 0.3) is 0 Å². The summed E-state index contributed by atoms with van der Waals surface area (Å²) in [5.41, 5.74) is 0. The summed E-state index contributed by atoms with van der Waals surface area (Å²) in [5.74, 6) is 0.464. The highest BCUT2D eigenvalue weighted by molar-refractivity contribution is 7.89. The van der Waals surface area contributed by atoms with E-state index in [-0.39, 0.29) is 9.92 Å². The predicted molar refractivity (Wildman–Crippen MR) is 76.5 cm³/mol. The van der Waals surface area contributed by atoms with Gasteiger partial charge in [0.15, 0.2) is 0 Å². The molecule has 2 rings (SSSR count). The van der Waals surface area contributed by atoms with Crippen LogP contribution in [0, 0.1) is 0 Å². The van der Waals surface area contributed by atoms with Gasteiger partial charge in [-0.1, -0.05) is 11.6 Å². The van der Waals surface area contributed by atoms with E-state index in [1.54, 1.807) is 0 Å². The number of sulfonamides is 1. The van der Waals surface area contributed by atoms with Gasteiger partial charge in [0.2, 0.25) is 10.0 Å². The Morgan fingerprint density at radius 3 is 2.85 bits per heavy atom. The molecule has 1 atom stereocenters. The monoisotopic (exact) mass is 319 g/mol. The Morgan fingerprint density at radius 1 is 1.45 bits per heavy atom. The maximum atomic E-state index is 11.2. The van der Waals surface area contributed by atoms with E-state index < -0.39 is 10.0 Å². The average molecular weight is 320 g/mol. The molecule has 0 bridgehead atoms. The molecule has 0 saturated carbocycles. The maximum Gasteiger partial charge on any atom is 0.238 e. The molecule has 5 nitrogen and oxygen atoms in total. The summed E-state index contributed by atoms with van der Waals surface area (Å²) in [4.78, 5) is -0.0193. The van der Waals surface area contributed by atoms with Gasteiger partial charge in [-0.05, 0) is 43.9 Å². The fraction of sp³-hybridized carbons (Fsp3) is 0.538. The molecular formula is C13H18ClNO4S. The van der Waals surface area contributed by atoms with Crippen molar-refractivity contribution in [2.45, 2.75) is 36.7 Å². The van der Waals surface area contributed by atoms with Crippen LogP contribution >= 0.6 is 11.6 Å². The lowest BCUT2D eigenvalue weighted by atomic mass is 10.1. The molecule has 1 unspecified atom stereocenters. The molecule has 20 heavy (non-hydrogen) atoms. The number of rotatable bonds is 6. The van der Waals surface area contributed by atoms with Gasteiger partial charge in [-0.3, -0.25) is 0 Å². The number of primary sulfonamides is 1. The second-order valence-corrected chi connectivity index (χ2v) is 6.73. The third-order valence-corrected chi connectivity index (χ3v) is 4.39. The first-order valence-corrected chi connectivity index (χ1v) is 8.46. The van der Waals surface area contributed by atoms with Crippen molar-refractivity contribution in [1.82, 2.24) is 0 Å². The average Bonchev–Trinajstić information content (AvgIpc) is 2.88. The second-order valence-electron chi connectivity index (χ2n) is 4.76. The van der Waals surface area contributed by atoms with Gasteiger partial charge in [-0.2, -0.15) is 0 Å². The van der Waals surface area contributed by atoms with E-state index in [4.69, 9.17) is 26.2 Å². The number of ether oxygens (including phenoxy) is 2. The lowest BCUT2D eigenvalue weighted by Crippen LogP contribution is -2.12. The number of hydrogen-bond donors (Lipinski definition) is 1. The van der Waals surface area contributed by atoms with Crippen molar-refractivity contribution < 1.29 is 17.9 Å². The first-order valence-electron chi connectivity index (χ1n) is 6.53. The lowest BCUT2D eigenvalue weighted by molar-refractivity contribution is 0.0981. The Balaban J connectivity index is 1.83. The molecule has 0 spiro atoms. The fourth-order valence-corrected chi connectivity index (χ4v) is 2.98. The Labute approximate surface area is 124 Å². The van der Waals surface area contributed by atoms with Crippen molar-refractivity contribution in [3.63, 3.8) is 0 Å². The minimum atomic E-state index is -3.73. The third-order valence-electron chi connectivity index (χ3n) is 3.18. The summed E-state index contributed by atoms with van der Waals surface area (Å²) in [5, 5.41) is 5.27. The molecule has 2 N–H and O–H groups in total. The number of hydrogen-bond acceptors (Lipinski definition) is 4. The quantitative estimate of drug-likeness (QED) is 0.816. The van der Waals surface area contributed by atoms with Gasteiger partial charge in [-0.25, -0.2) is 13.6 Å². The van der Waals surface area contributed by atoms with Crippen molar-refractivity contribution in [1.29, 1.82) is 0 Å². The van der Waals surface area contributed by atoms with Gasteiger partial charge in [-0.15, -0.1) is 0 Å². The molecule has 112 valence electrons. The summed E-state index contributed by atoms with van der Waals surface area (Å²) in [7, 11) is -3.73. The van der Waals surface area contributed by atoms with Crippen LogP contribution in [0.3, 0.4) is 0 Å². The van der Waals surface area contributed by atoms with Crippen LogP contribution in [0.1, 0.15) is 25.7 Å². The number of halogens is 1. The second kappa shape index (κ2) is 6.76. The van der Waals surface area contributed by atoms with Crippen molar-refractivity contribution in [2.24, 2.45) is 5.14 Å². The minimum absolute atomic E-state index is 0.0193. The van der Waals surface area contributed by atoms with Crippen LogP contribution < -0.4 is 9.88 Å². The molecule has 0 aliphatic carbocycles. The van der Waals surface area contributed by atoms with Gasteiger partial charge in [0.25, 0.3) is 0 Å². The van der Waals surface area contributed by atoms with Crippen LogP contribution in [0.4, 0.5) is 0 Å². The summed E-state index contributed by atoms with van der Waals surface area (Å²) in [6.07, 6.45) is 4.43. The van der Waals surface area contributed by atoms with E-state index in [1.807, 2.05) is 0 Å². The standard InChI is InChI=1S/C13H18ClNO4S/c14-12-9-11(20(15,16)17)5-6-13(12)19-8-2-4-10-3-1-7-18-10/h5-6,9-10H,1-4,7-8H2,(H2,15,16,17). The van der Waals surface area contributed by atoms with Crippen molar-refractivity contribution >= 4 is 21.6 Å². The van der Waals surface area contributed by atoms with Crippen LogP contribution in [0.2, 0.25) is 5.02 Å². The molecule has 1 fully saturated rings.